The van der Waals surface area contributed by atoms with Crippen molar-refractivity contribution in [2.24, 2.45) is 0 Å². The Morgan fingerprint density at radius 1 is 1.08 bits per heavy atom. The summed E-state index contributed by atoms with van der Waals surface area (Å²) in [6.07, 6.45) is 1.24. The molecule has 8 heteroatoms. The molecule has 1 heterocycles. The average Bonchev–Trinajstić information content (AvgIpc) is 3.16. The highest BCUT2D eigenvalue weighted by Crippen LogP contribution is 2.21. The summed E-state index contributed by atoms with van der Waals surface area (Å²) in [5.74, 6) is -0.290. The van der Waals surface area contributed by atoms with Crippen molar-refractivity contribution in [1.29, 1.82) is 0 Å². The van der Waals surface area contributed by atoms with Crippen LogP contribution in [0.4, 0.5) is 5.69 Å². The first-order chi connectivity index (χ1) is 12.1. The van der Waals surface area contributed by atoms with Gasteiger partial charge in [0.05, 0.1) is 12.2 Å². The van der Waals surface area contributed by atoms with E-state index in [1.54, 1.807) is 30.3 Å². The summed E-state index contributed by atoms with van der Waals surface area (Å²) in [7, 11) is 0. The van der Waals surface area contributed by atoms with Crippen LogP contribution in [0, 0.1) is 0 Å². The fourth-order valence-corrected chi connectivity index (χ4v) is 2.47. The highest BCUT2D eigenvalue weighted by Gasteiger charge is 2.10. The minimum atomic E-state index is -0.348. The van der Waals surface area contributed by atoms with E-state index in [1.165, 1.54) is 6.39 Å². The van der Waals surface area contributed by atoms with Crippen molar-refractivity contribution < 1.29 is 14.0 Å². The molecule has 0 spiro atoms. The summed E-state index contributed by atoms with van der Waals surface area (Å²) in [5, 5.41) is 12.7. The molecule has 2 aromatic carbocycles. The highest BCUT2D eigenvalue weighted by atomic mass is 79.9. The zero-order valence-corrected chi connectivity index (χ0v) is 14.5. The molecule has 126 valence electrons. The van der Waals surface area contributed by atoms with Crippen molar-refractivity contribution >= 4 is 33.4 Å². The quantitative estimate of drug-likeness (QED) is 0.685. The molecule has 0 atom stereocenters. The van der Waals surface area contributed by atoms with Crippen LogP contribution in [0.1, 0.15) is 10.4 Å². The second-order valence-corrected chi connectivity index (χ2v) is 5.89. The molecule has 3 aromatic rings. The number of rotatable bonds is 5. The molecule has 0 bridgehead atoms. The van der Waals surface area contributed by atoms with Gasteiger partial charge >= 0.3 is 0 Å². The Kier molecular flexibility index (Phi) is 5.20. The summed E-state index contributed by atoms with van der Waals surface area (Å²) in [6, 6.07) is 13.9. The third-order valence-corrected chi connectivity index (χ3v) is 4.00. The number of benzene rings is 2. The number of carbonyl (C=O) groups is 2. The van der Waals surface area contributed by atoms with E-state index in [9.17, 15) is 9.59 Å². The Hall–Kier alpha value is -3.00. The maximum Gasteiger partial charge on any atom is 0.251 e. The fourth-order valence-electron chi connectivity index (χ4n) is 2.08. The Balaban J connectivity index is 1.55. The summed E-state index contributed by atoms with van der Waals surface area (Å²) in [6.45, 7) is -0.133. The van der Waals surface area contributed by atoms with Crippen LogP contribution in [-0.4, -0.2) is 28.6 Å². The largest absolute Gasteiger partial charge is 0.423 e. The van der Waals surface area contributed by atoms with Gasteiger partial charge in [-0.3, -0.25) is 9.59 Å². The van der Waals surface area contributed by atoms with Crippen LogP contribution in [-0.2, 0) is 4.79 Å². The molecule has 1 aromatic heterocycles. The first-order valence-electron chi connectivity index (χ1n) is 7.32. The molecule has 0 fully saturated rings. The standard InChI is InChI=1S/C17H13BrN4O3/c18-13-3-1-2-4-14(13)21-15(23)9-19-16(24)11-5-7-12(8-6-11)17-22-20-10-25-17/h1-8,10H,9H2,(H,19,24)(H,21,23). The van der Waals surface area contributed by atoms with Gasteiger partial charge in [0.2, 0.25) is 18.2 Å². The van der Waals surface area contributed by atoms with Crippen LogP contribution in [0.3, 0.4) is 0 Å². The third-order valence-electron chi connectivity index (χ3n) is 3.31. The van der Waals surface area contributed by atoms with Crippen LogP contribution >= 0.6 is 15.9 Å². The maximum atomic E-state index is 12.1. The SMILES string of the molecule is O=C(CNC(=O)c1ccc(-c2nnco2)cc1)Nc1ccccc1Br. The van der Waals surface area contributed by atoms with Crippen LogP contribution in [0.5, 0.6) is 0 Å². The maximum absolute atomic E-state index is 12.1. The molecule has 0 unspecified atom stereocenters. The van der Waals surface area contributed by atoms with Gasteiger partial charge in [-0.2, -0.15) is 0 Å². The van der Waals surface area contributed by atoms with Crippen LogP contribution in [0.15, 0.2) is 63.8 Å². The van der Waals surface area contributed by atoms with Crippen molar-refractivity contribution in [2.45, 2.75) is 0 Å². The smallest absolute Gasteiger partial charge is 0.251 e. The first kappa shape index (κ1) is 16.8. The summed E-state index contributed by atoms with van der Waals surface area (Å²) < 4.78 is 5.86. The van der Waals surface area contributed by atoms with E-state index < -0.39 is 0 Å². The van der Waals surface area contributed by atoms with Crippen LogP contribution in [0.25, 0.3) is 11.5 Å². The minimum Gasteiger partial charge on any atom is -0.423 e. The van der Waals surface area contributed by atoms with Crippen molar-refractivity contribution in [2.75, 3.05) is 11.9 Å². The van der Waals surface area contributed by atoms with E-state index in [1.807, 2.05) is 18.2 Å². The predicted octanol–water partition coefficient (Wildman–Crippen LogP) is 2.87. The van der Waals surface area contributed by atoms with Crippen LogP contribution < -0.4 is 10.6 Å². The van der Waals surface area contributed by atoms with Crippen molar-refractivity contribution in [3.05, 3.63) is 65.0 Å². The number of anilines is 1. The van der Waals surface area contributed by atoms with Gasteiger partial charge in [-0.1, -0.05) is 12.1 Å². The van der Waals surface area contributed by atoms with Gasteiger partial charge in [0.15, 0.2) is 0 Å². The lowest BCUT2D eigenvalue weighted by atomic mass is 10.1. The Labute approximate surface area is 151 Å². The molecular weight excluding hydrogens is 388 g/mol. The summed E-state index contributed by atoms with van der Waals surface area (Å²) in [5.41, 5.74) is 1.78. The van der Waals surface area contributed by atoms with E-state index in [0.29, 0.717) is 22.7 Å². The molecule has 0 aliphatic rings. The molecule has 0 aliphatic heterocycles. The van der Waals surface area contributed by atoms with Crippen molar-refractivity contribution in [1.82, 2.24) is 15.5 Å². The normalized spacial score (nSPS) is 10.3. The molecule has 2 amide bonds. The molecule has 2 N–H and O–H groups in total. The zero-order chi connectivity index (χ0) is 17.6. The summed E-state index contributed by atoms with van der Waals surface area (Å²) in [4.78, 5) is 24.1. The monoisotopic (exact) mass is 400 g/mol. The summed E-state index contributed by atoms with van der Waals surface area (Å²) >= 11 is 3.35. The minimum absolute atomic E-state index is 0.133. The van der Waals surface area contributed by atoms with Crippen molar-refractivity contribution in [3.8, 4) is 11.5 Å². The number of nitrogens with zero attached hydrogens (tertiary/aromatic N) is 2. The first-order valence-corrected chi connectivity index (χ1v) is 8.12. The zero-order valence-electron chi connectivity index (χ0n) is 12.9. The van der Waals surface area contributed by atoms with Gasteiger partial charge in [0.1, 0.15) is 0 Å². The molecule has 0 saturated carbocycles. The third kappa shape index (κ3) is 4.30. The molecular formula is C17H13BrN4O3. The second-order valence-electron chi connectivity index (χ2n) is 5.03. The van der Waals surface area contributed by atoms with E-state index >= 15 is 0 Å². The lowest BCUT2D eigenvalue weighted by Gasteiger charge is -2.08. The van der Waals surface area contributed by atoms with E-state index in [4.69, 9.17) is 4.42 Å². The van der Waals surface area contributed by atoms with Gasteiger partial charge in [-0.05, 0) is 52.3 Å². The Bertz CT molecular complexity index is 879. The molecule has 0 aliphatic carbocycles. The number of halogens is 1. The number of hydrogen-bond acceptors (Lipinski definition) is 5. The number of amides is 2. The molecule has 0 saturated heterocycles. The van der Waals surface area contributed by atoms with E-state index in [0.717, 1.165) is 4.47 Å². The average molecular weight is 401 g/mol. The van der Waals surface area contributed by atoms with Gasteiger partial charge in [-0.25, -0.2) is 0 Å². The fraction of sp³-hybridized carbons (Fsp3) is 0.0588. The lowest BCUT2D eigenvalue weighted by molar-refractivity contribution is -0.115. The highest BCUT2D eigenvalue weighted by molar-refractivity contribution is 9.10. The molecule has 3 rings (SSSR count). The van der Waals surface area contributed by atoms with Gasteiger partial charge < -0.3 is 15.1 Å². The Morgan fingerprint density at radius 2 is 1.84 bits per heavy atom. The lowest BCUT2D eigenvalue weighted by Crippen LogP contribution is -2.32. The molecule has 0 radical (unpaired) electrons. The second kappa shape index (κ2) is 7.71. The topological polar surface area (TPSA) is 97.1 Å². The number of carbonyl (C=O) groups excluding carboxylic acids is 2. The number of para-hydroxylation sites is 1. The van der Waals surface area contributed by atoms with Gasteiger partial charge in [-0.15, -0.1) is 10.2 Å². The van der Waals surface area contributed by atoms with Crippen LogP contribution in [0.2, 0.25) is 0 Å². The number of nitrogens with one attached hydrogen (secondary N) is 2. The number of hydrogen-bond donors (Lipinski definition) is 2. The number of aromatic nitrogens is 2. The van der Waals surface area contributed by atoms with Gasteiger partial charge in [0.25, 0.3) is 5.91 Å². The van der Waals surface area contributed by atoms with E-state index in [-0.39, 0.29) is 18.4 Å². The van der Waals surface area contributed by atoms with E-state index in [2.05, 4.69) is 36.8 Å². The van der Waals surface area contributed by atoms with Gasteiger partial charge in [0, 0.05) is 15.6 Å². The Morgan fingerprint density at radius 3 is 2.52 bits per heavy atom. The van der Waals surface area contributed by atoms with Crippen molar-refractivity contribution in [3.63, 3.8) is 0 Å². The molecule has 7 nitrogen and oxygen atoms in total. The predicted molar refractivity (Wildman–Crippen MR) is 94.8 cm³/mol. The molecule has 25 heavy (non-hydrogen) atoms.